The second-order valence-electron chi connectivity index (χ2n) is 6.05. The number of hydrogen-bond donors (Lipinski definition) is 0. The molecule has 3 aromatic rings. The average molecular weight is 426 g/mol. The van der Waals surface area contributed by atoms with Crippen molar-refractivity contribution in [1.82, 2.24) is 14.7 Å². The fraction of sp³-hybridized carbons (Fsp3) is 0.263. The van der Waals surface area contributed by atoms with Gasteiger partial charge in [0.05, 0.1) is 28.5 Å². The van der Waals surface area contributed by atoms with Gasteiger partial charge in [0, 0.05) is 13.6 Å². The maximum Gasteiger partial charge on any atom is 0.289 e. The van der Waals surface area contributed by atoms with E-state index in [-0.39, 0.29) is 23.3 Å². The van der Waals surface area contributed by atoms with E-state index in [1.165, 1.54) is 17.0 Å². The minimum atomic E-state index is -0.448. The predicted molar refractivity (Wildman–Crippen MR) is 103 cm³/mol. The predicted octanol–water partition coefficient (Wildman–Crippen LogP) is 4.79. The monoisotopic (exact) mass is 425 g/mol. The van der Waals surface area contributed by atoms with Crippen molar-refractivity contribution in [2.75, 3.05) is 7.05 Å². The van der Waals surface area contributed by atoms with E-state index >= 15 is 0 Å². The summed E-state index contributed by atoms with van der Waals surface area (Å²) < 4.78 is 25.9. The van der Waals surface area contributed by atoms with Crippen LogP contribution in [0.25, 0.3) is 0 Å². The molecule has 2 aromatic heterocycles. The molecule has 0 aliphatic heterocycles. The van der Waals surface area contributed by atoms with Crippen molar-refractivity contribution in [2.24, 2.45) is 0 Å². The zero-order valence-corrected chi connectivity index (χ0v) is 16.8. The molecule has 0 fully saturated rings. The highest BCUT2D eigenvalue weighted by Crippen LogP contribution is 2.26. The minimum absolute atomic E-state index is 0.0524. The summed E-state index contributed by atoms with van der Waals surface area (Å²) in [5, 5.41) is 4.83. The molecule has 1 amide bonds. The number of aromatic nitrogens is 2. The second kappa shape index (κ2) is 8.67. The molecule has 9 heteroatoms. The van der Waals surface area contributed by atoms with Crippen molar-refractivity contribution in [1.29, 1.82) is 0 Å². The lowest BCUT2D eigenvalue weighted by atomic mass is 10.3. The topological polar surface area (TPSA) is 60.5 Å². The van der Waals surface area contributed by atoms with Crippen LogP contribution in [-0.2, 0) is 19.7 Å². The van der Waals surface area contributed by atoms with Crippen molar-refractivity contribution in [2.45, 2.75) is 26.6 Å². The Bertz CT molecular complexity index is 987. The Kier molecular flexibility index (Phi) is 6.26. The first-order chi connectivity index (χ1) is 13.4. The third-order valence-corrected chi connectivity index (χ3v) is 4.68. The summed E-state index contributed by atoms with van der Waals surface area (Å²) in [4.78, 5) is 14.1. The SMILES string of the molecule is CCn1ncc(Cl)c1CN(C)C(=O)c1ccc(COc2ccc(F)cc2Cl)o1. The third kappa shape index (κ3) is 4.48. The highest BCUT2D eigenvalue weighted by atomic mass is 35.5. The summed E-state index contributed by atoms with van der Waals surface area (Å²) >= 11 is 12.1. The Morgan fingerprint density at radius 1 is 1.29 bits per heavy atom. The van der Waals surface area contributed by atoms with Gasteiger partial charge >= 0.3 is 0 Å². The molecule has 0 N–H and O–H groups in total. The van der Waals surface area contributed by atoms with Gasteiger partial charge in [-0.2, -0.15) is 5.10 Å². The van der Waals surface area contributed by atoms with Gasteiger partial charge in [-0.1, -0.05) is 23.2 Å². The van der Waals surface area contributed by atoms with Crippen LogP contribution in [-0.4, -0.2) is 27.6 Å². The third-order valence-electron chi connectivity index (χ3n) is 4.07. The number of aryl methyl sites for hydroxylation is 1. The highest BCUT2D eigenvalue weighted by Gasteiger charge is 2.19. The molecule has 0 aliphatic carbocycles. The number of furan rings is 1. The van der Waals surface area contributed by atoms with Crippen LogP contribution in [0.1, 0.15) is 28.9 Å². The van der Waals surface area contributed by atoms with E-state index in [2.05, 4.69) is 5.10 Å². The number of nitrogens with zero attached hydrogens (tertiary/aromatic N) is 3. The molecular weight excluding hydrogens is 408 g/mol. The number of carbonyl (C=O) groups is 1. The summed E-state index contributed by atoms with van der Waals surface area (Å²) in [7, 11) is 1.66. The smallest absolute Gasteiger partial charge is 0.289 e. The fourth-order valence-corrected chi connectivity index (χ4v) is 3.04. The van der Waals surface area contributed by atoms with Crippen LogP contribution in [0.3, 0.4) is 0 Å². The first-order valence-corrected chi connectivity index (χ1v) is 9.26. The number of rotatable bonds is 7. The van der Waals surface area contributed by atoms with Crippen molar-refractivity contribution in [3.8, 4) is 5.75 Å². The first kappa shape index (κ1) is 20.2. The van der Waals surface area contributed by atoms with E-state index in [1.807, 2.05) is 6.92 Å². The molecule has 28 heavy (non-hydrogen) atoms. The normalized spacial score (nSPS) is 10.9. The number of benzene rings is 1. The molecule has 0 saturated heterocycles. The Hall–Kier alpha value is -2.51. The number of hydrogen-bond acceptors (Lipinski definition) is 4. The number of halogens is 3. The lowest BCUT2D eigenvalue weighted by Gasteiger charge is -2.16. The molecule has 0 saturated carbocycles. The molecule has 148 valence electrons. The maximum absolute atomic E-state index is 13.1. The van der Waals surface area contributed by atoms with Crippen LogP contribution < -0.4 is 4.74 Å². The molecule has 0 radical (unpaired) electrons. The average Bonchev–Trinajstić information content (AvgIpc) is 3.27. The summed E-state index contributed by atoms with van der Waals surface area (Å²) in [5.41, 5.74) is 0.751. The number of carbonyl (C=O) groups excluding carboxylic acids is 1. The Balaban J connectivity index is 1.64. The Labute approximate surface area is 171 Å². The minimum Gasteiger partial charge on any atom is -0.484 e. The lowest BCUT2D eigenvalue weighted by molar-refractivity contribution is 0.0745. The van der Waals surface area contributed by atoms with Crippen molar-refractivity contribution in [3.63, 3.8) is 0 Å². The van der Waals surface area contributed by atoms with Crippen molar-refractivity contribution in [3.05, 3.63) is 69.6 Å². The van der Waals surface area contributed by atoms with Crippen LogP contribution >= 0.6 is 23.2 Å². The summed E-state index contributed by atoms with van der Waals surface area (Å²) in [5.74, 6) is 0.187. The van der Waals surface area contributed by atoms with Gasteiger partial charge in [-0.05, 0) is 37.3 Å². The largest absolute Gasteiger partial charge is 0.484 e. The summed E-state index contributed by atoms with van der Waals surface area (Å²) in [6, 6.07) is 7.06. The summed E-state index contributed by atoms with van der Waals surface area (Å²) in [6.07, 6.45) is 1.56. The van der Waals surface area contributed by atoms with E-state index in [0.29, 0.717) is 29.6 Å². The molecule has 0 bridgehead atoms. The van der Waals surface area contributed by atoms with E-state index < -0.39 is 5.82 Å². The molecule has 3 rings (SSSR count). The van der Waals surface area contributed by atoms with Gasteiger partial charge in [0.1, 0.15) is 23.9 Å². The zero-order valence-electron chi connectivity index (χ0n) is 15.3. The highest BCUT2D eigenvalue weighted by molar-refractivity contribution is 6.32. The standard InChI is InChI=1S/C19H18Cl2FN3O3/c1-3-25-16(15(21)9-23-25)10-24(2)19(26)18-7-5-13(28-18)11-27-17-6-4-12(22)8-14(17)20/h4-9H,3,10-11H2,1-2H3. The van der Waals surface area contributed by atoms with Gasteiger partial charge < -0.3 is 14.1 Å². The van der Waals surface area contributed by atoms with E-state index in [4.69, 9.17) is 32.4 Å². The molecule has 1 aromatic carbocycles. The van der Waals surface area contributed by atoms with E-state index in [9.17, 15) is 9.18 Å². The van der Waals surface area contributed by atoms with Gasteiger partial charge in [-0.15, -0.1) is 0 Å². The molecule has 0 atom stereocenters. The van der Waals surface area contributed by atoms with Crippen LogP contribution in [0.4, 0.5) is 4.39 Å². The van der Waals surface area contributed by atoms with Gasteiger partial charge in [0.25, 0.3) is 5.91 Å². The van der Waals surface area contributed by atoms with Gasteiger partial charge in [-0.25, -0.2) is 4.39 Å². The van der Waals surface area contributed by atoms with Crippen LogP contribution in [0.2, 0.25) is 10.0 Å². The van der Waals surface area contributed by atoms with Gasteiger partial charge in [-0.3, -0.25) is 9.48 Å². The fourth-order valence-electron chi connectivity index (χ4n) is 2.61. The van der Waals surface area contributed by atoms with Crippen molar-refractivity contribution < 1.29 is 18.3 Å². The number of ether oxygens (including phenoxy) is 1. The molecule has 0 spiro atoms. The first-order valence-electron chi connectivity index (χ1n) is 8.51. The van der Waals surface area contributed by atoms with E-state index in [1.54, 1.807) is 30.1 Å². The van der Waals surface area contributed by atoms with Crippen LogP contribution in [0, 0.1) is 5.82 Å². The van der Waals surface area contributed by atoms with Crippen LogP contribution in [0.15, 0.2) is 40.9 Å². The molecule has 6 nitrogen and oxygen atoms in total. The van der Waals surface area contributed by atoms with Crippen molar-refractivity contribution >= 4 is 29.1 Å². The van der Waals surface area contributed by atoms with Crippen LogP contribution in [0.5, 0.6) is 5.75 Å². The lowest BCUT2D eigenvalue weighted by Crippen LogP contribution is -2.27. The molecule has 0 unspecified atom stereocenters. The Morgan fingerprint density at radius 2 is 2.07 bits per heavy atom. The summed E-state index contributed by atoms with van der Waals surface area (Å²) in [6.45, 7) is 2.94. The molecule has 0 aliphatic rings. The maximum atomic E-state index is 13.1. The second-order valence-corrected chi connectivity index (χ2v) is 6.86. The molecule has 2 heterocycles. The number of amides is 1. The van der Waals surface area contributed by atoms with Gasteiger partial charge in [0.15, 0.2) is 5.76 Å². The Morgan fingerprint density at radius 3 is 2.79 bits per heavy atom. The van der Waals surface area contributed by atoms with Gasteiger partial charge in [0.2, 0.25) is 0 Å². The zero-order chi connectivity index (χ0) is 20.3. The quantitative estimate of drug-likeness (QED) is 0.545. The molecular formula is C19H18Cl2FN3O3. The van der Waals surface area contributed by atoms with E-state index in [0.717, 1.165) is 11.8 Å².